The molecule has 1 unspecified atom stereocenters. The SMILES string of the molecule is Cc1ncoc1C(=O)N1CCCC(CBr)C1. The Bertz CT molecular complexity index is 378. The van der Waals surface area contributed by atoms with E-state index >= 15 is 0 Å². The summed E-state index contributed by atoms with van der Waals surface area (Å²) < 4.78 is 5.13. The third kappa shape index (κ3) is 2.29. The summed E-state index contributed by atoms with van der Waals surface area (Å²) in [5.74, 6) is 0.914. The monoisotopic (exact) mass is 286 g/mol. The fourth-order valence-electron chi connectivity index (χ4n) is 2.03. The summed E-state index contributed by atoms with van der Waals surface area (Å²) in [7, 11) is 0. The summed E-state index contributed by atoms with van der Waals surface area (Å²) in [4.78, 5) is 17.9. The molecule has 1 atom stereocenters. The van der Waals surface area contributed by atoms with E-state index in [1.165, 1.54) is 12.8 Å². The quantitative estimate of drug-likeness (QED) is 0.784. The smallest absolute Gasteiger partial charge is 0.291 e. The zero-order valence-corrected chi connectivity index (χ0v) is 10.9. The van der Waals surface area contributed by atoms with Crippen LogP contribution in [0.15, 0.2) is 10.8 Å². The minimum Gasteiger partial charge on any atom is -0.438 e. The highest BCUT2D eigenvalue weighted by atomic mass is 79.9. The number of hydrogen-bond donors (Lipinski definition) is 0. The summed E-state index contributed by atoms with van der Waals surface area (Å²) in [5.41, 5.74) is 0.672. The molecule has 2 rings (SSSR count). The number of piperidine rings is 1. The van der Waals surface area contributed by atoms with Gasteiger partial charge in [-0.2, -0.15) is 0 Å². The summed E-state index contributed by atoms with van der Waals surface area (Å²) in [6.45, 7) is 3.43. The van der Waals surface area contributed by atoms with Crippen LogP contribution in [0.1, 0.15) is 29.1 Å². The van der Waals surface area contributed by atoms with Gasteiger partial charge in [0.15, 0.2) is 6.39 Å². The number of aromatic nitrogens is 1. The molecular weight excluding hydrogens is 272 g/mol. The first-order chi connectivity index (χ1) is 7.72. The van der Waals surface area contributed by atoms with Crippen molar-refractivity contribution in [3.63, 3.8) is 0 Å². The van der Waals surface area contributed by atoms with Crippen LogP contribution < -0.4 is 0 Å². The number of halogens is 1. The van der Waals surface area contributed by atoms with Crippen molar-refractivity contribution in [1.29, 1.82) is 0 Å². The van der Waals surface area contributed by atoms with Gasteiger partial charge in [-0.15, -0.1) is 0 Å². The van der Waals surface area contributed by atoms with Crippen LogP contribution in [0, 0.1) is 12.8 Å². The van der Waals surface area contributed by atoms with Gasteiger partial charge in [0.25, 0.3) is 5.91 Å². The third-order valence-electron chi connectivity index (χ3n) is 2.96. The first kappa shape index (κ1) is 11.6. The van der Waals surface area contributed by atoms with Crippen LogP contribution in [-0.2, 0) is 0 Å². The second-order valence-electron chi connectivity index (χ2n) is 4.18. The Balaban J connectivity index is 2.07. The number of oxazole rings is 1. The fourth-order valence-corrected chi connectivity index (χ4v) is 2.55. The van der Waals surface area contributed by atoms with Crippen LogP contribution in [0.4, 0.5) is 0 Å². The van der Waals surface area contributed by atoms with E-state index in [1.54, 1.807) is 6.92 Å². The van der Waals surface area contributed by atoms with Gasteiger partial charge >= 0.3 is 0 Å². The van der Waals surface area contributed by atoms with Crippen molar-refractivity contribution < 1.29 is 9.21 Å². The lowest BCUT2D eigenvalue weighted by Gasteiger charge is -2.31. The minimum atomic E-state index is -0.0272. The average molecular weight is 287 g/mol. The second kappa shape index (κ2) is 4.99. The van der Waals surface area contributed by atoms with Gasteiger partial charge in [0.2, 0.25) is 5.76 Å². The second-order valence-corrected chi connectivity index (χ2v) is 4.83. The van der Waals surface area contributed by atoms with Crippen LogP contribution in [-0.4, -0.2) is 34.2 Å². The molecule has 1 aromatic rings. The Kier molecular flexibility index (Phi) is 3.63. The molecule has 1 amide bonds. The van der Waals surface area contributed by atoms with E-state index in [4.69, 9.17) is 4.42 Å². The number of amides is 1. The van der Waals surface area contributed by atoms with Crippen molar-refractivity contribution in [3.8, 4) is 0 Å². The standard InChI is InChI=1S/C11H15BrN2O2/c1-8-10(16-7-13-8)11(15)14-4-2-3-9(5-12)6-14/h7,9H,2-6H2,1H3. The zero-order chi connectivity index (χ0) is 11.5. The Morgan fingerprint density at radius 2 is 2.56 bits per heavy atom. The maximum atomic E-state index is 12.1. The van der Waals surface area contributed by atoms with Crippen molar-refractivity contribution in [2.24, 2.45) is 5.92 Å². The fraction of sp³-hybridized carbons (Fsp3) is 0.636. The largest absolute Gasteiger partial charge is 0.438 e. The van der Waals surface area contributed by atoms with Gasteiger partial charge in [-0.05, 0) is 25.7 Å². The summed E-state index contributed by atoms with van der Waals surface area (Å²) in [6.07, 6.45) is 3.58. The van der Waals surface area contributed by atoms with E-state index in [-0.39, 0.29) is 5.91 Å². The van der Waals surface area contributed by atoms with Crippen LogP contribution in [0.25, 0.3) is 0 Å². The number of nitrogens with zero attached hydrogens (tertiary/aromatic N) is 2. The highest BCUT2D eigenvalue weighted by molar-refractivity contribution is 9.09. The Morgan fingerprint density at radius 3 is 3.19 bits per heavy atom. The van der Waals surface area contributed by atoms with E-state index in [1.807, 2.05) is 4.90 Å². The molecule has 1 aliphatic rings. The molecule has 2 heterocycles. The molecule has 0 N–H and O–H groups in total. The zero-order valence-electron chi connectivity index (χ0n) is 9.28. The molecule has 1 aliphatic heterocycles. The lowest BCUT2D eigenvalue weighted by atomic mass is 10.00. The predicted molar refractivity (Wildman–Crippen MR) is 63.7 cm³/mol. The molecule has 4 nitrogen and oxygen atoms in total. The number of hydrogen-bond acceptors (Lipinski definition) is 3. The molecule has 0 saturated carbocycles. The first-order valence-corrected chi connectivity index (χ1v) is 6.60. The molecule has 0 spiro atoms. The average Bonchev–Trinajstić information content (AvgIpc) is 2.74. The van der Waals surface area contributed by atoms with Gasteiger partial charge in [0.1, 0.15) is 0 Å². The summed E-state index contributed by atoms with van der Waals surface area (Å²) in [6, 6.07) is 0. The molecule has 16 heavy (non-hydrogen) atoms. The van der Waals surface area contributed by atoms with Gasteiger partial charge < -0.3 is 9.32 Å². The third-order valence-corrected chi connectivity index (χ3v) is 3.88. The number of carbonyl (C=O) groups is 1. The van der Waals surface area contributed by atoms with Crippen LogP contribution in [0.2, 0.25) is 0 Å². The Morgan fingerprint density at radius 1 is 1.75 bits per heavy atom. The highest BCUT2D eigenvalue weighted by Crippen LogP contribution is 2.20. The van der Waals surface area contributed by atoms with Gasteiger partial charge in [0, 0.05) is 18.4 Å². The summed E-state index contributed by atoms with van der Waals surface area (Å²) >= 11 is 3.48. The number of aryl methyl sites for hydroxylation is 1. The minimum absolute atomic E-state index is 0.0272. The van der Waals surface area contributed by atoms with E-state index in [0.717, 1.165) is 24.8 Å². The highest BCUT2D eigenvalue weighted by Gasteiger charge is 2.26. The normalized spacial score (nSPS) is 21.1. The van der Waals surface area contributed by atoms with Crippen molar-refractivity contribution in [2.75, 3.05) is 18.4 Å². The number of carbonyl (C=O) groups excluding carboxylic acids is 1. The van der Waals surface area contributed by atoms with Crippen LogP contribution in [0.3, 0.4) is 0 Å². The lowest BCUT2D eigenvalue weighted by molar-refractivity contribution is 0.0653. The van der Waals surface area contributed by atoms with E-state index < -0.39 is 0 Å². The molecule has 88 valence electrons. The Labute approximate surface area is 103 Å². The molecular formula is C11H15BrN2O2. The lowest BCUT2D eigenvalue weighted by Crippen LogP contribution is -2.40. The van der Waals surface area contributed by atoms with E-state index in [2.05, 4.69) is 20.9 Å². The maximum absolute atomic E-state index is 12.1. The summed E-state index contributed by atoms with van der Waals surface area (Å²) in [5, 5.41) is 0.951. The molecule has 1 aromatic heterocycles. The number of rotatable bonds is 2. The van der Waals surface area contributed by atoms with Gasteiger partial charge in [-0.25, -0.2) is 4.98 Å². The first-order valence-electron chi connectivity index (χ1n) is 5.47. The van der Waals surface area contributed by atoms with Gasteiger partial charge in [0.05, 0.1) is 5.69 Å². The number of alkyl halides is 1. The number of likely N-dealkylation sites (tertiary alicyclic amines) is 1. The van der Waals surface area contributed by atoms with Crippen LogP contribution >= 0.6 is 15.9 Å². The predicted octanol–water partition coefficient (Wildman–Crippen LogP) is 2.23. The molecule has 1 fully saturated rings. The maximum Gasteiger partial charge on any atom is 0.291 e. The van der Waals surface area contributed by atoms with Gasteiger partial charge in [-0.3, -0.25) is 4.79 Å². The Hall–Kier alpha value is -0.840. The van der Waals surface area contributed by atoms with Gasteiger partial charge in [-0.1, -0.05) is 15.9 Å². The molecule has 0 aromatic carbocycles. The van der Waals surface area contributed by atoms with Crippen LogP contribution in [0.5, 0.6) is 0 Å². The molecule has 1 saturated heterocycles. The van der Waals surface area contributed by atoms with Crippen molar-refractivity contribution >= 4 is 21.8 Å². The molecule has 5 heteroatoms. The topological polar surface area (TPSA) is 46.3 Å². The van der Waals surface area contributed by atoms with Crippen molar-refractivity contribution in [3.05, 3.63) is 17.8 Å². The van der Waals surface area contributed by atoms with E-state index in [9.17, 15) is 4.79 Å². The molecule has 0 radical (unpaired) electrons. The van der Waals surface area contributed by atoms with Crippen molar-refractivity contribution in [2.45, 2.75) is 19.8 Å². The molecule has 0 aliphatic carbocycles. The van der Waals surface area contributed by atoms with E-state index in [0.29, 0.717) is 17.4 Å². The van der Waals surface area contributed by atoms with Crippen molar-refractivity contribution in [1.82, 2.24) is 9.88 Å². The molecule has 0 bridgehead atoms.